The Bertz CT molecular complexity index is 436. The van der Waals surface area contributed by atoms with E-state index in [0.29, 0.717) is 12.3 Å². The fourth-order valence-electron chi connectivity index (χ4n) is 2.34. The molecule has 1 aliphatic heterocycles. The molecule has 1 aromatic carbocycles. The molecule has 1 heterocycles. The molecule has 5 nitrogen and oxygen atoms in total. The highest BCUT2D eigenvalue weighted by Gasteiger charge is 2.22. The van der Waals surface area contributed by atoms with Gasteiger partial charge in [0.05, 0.1) is 0 Å². The molecule has 1 atom stereocenters. The summed E-state index contributed by atoms with van der Waals surface area (Å²) >= 11 is 0. The number of amides is 1. The van der Waals surface area contributed by atoms with Crippen LogP contribution in [0.1, 0.15) is 13.3 Å². The zero-order valence-electron chi connectivity index (χ0n) is 11.3. The molecule has 0 radical (unpaired) electrons. The first-order valence-electron chi connectivity index (χ1n) is 6.61. The molecule has 3 N–H and O–H groups in total. The van der Waals surface area contributed by atoms with E-state index in [4.69, 9.17) is 10.5 Å². The number of carbonyl (C=O) groups excluding carboxylic acids is 1. The summed E-state index contributed by atoms with van der Waals surface area (Å²) in [6.07, 6.45) is 1.01. The molecular formula is C14H21N3O2. The van der Waals surface area contributed by atoms with Gasteiger partial charge in [-0.3, -0.25) is 9.69 Å². The van der Waals surface area contributed by atoms with Crippen molar-refractivity contribution in [3.63, 3.8) is 0 Å². The van der Waals surface area contributed by atoms with Crippen LogP contribution in [0.4, 0.5) is 5.69 Å². The van der Waals surface area contributed by atoms with Gasteiger partial charge in [0.25, 0.3) is 0 Å². The van der Waals surface area contributed by atoms with E-state index in [1.807, 2.05) is 24.3 Å². The molecule has 1 amide bonds. The van der Waals surface area contributed by atoms with Crippen LogP contribution >= 0.6 is 0 Å². The quantitative estimate of drug-likeness (QED) is 0.773. The number of ether oxygens (including phenoxy) is 1. The highest BCUT2D eigenvalue weighted by Crippen LogP contribution is 2.15. The Balaban J connectivity index is 1.68. The lowest BCUT2D eigenvalue weighted by molar-refractivity contribution is -0.119. The standard InChI is InChI=1S/C14H21N3O2/c1-11(18)16-13-5-6-17(10-13)7-8-19-14-4-2-3-12(15)9-14/h2-4,9,13H,5-8,10,15H2,1H3,(H,16,18). The van der Waals surface area contributed by atoms with Gasteiger partial charge < -0.3 is 15.8 Å². The molecule has 0 aromatic heterocycles. The van der Waals surface area contributed by atoms with Crippen LogP contribution in [0.3, 0.4) is 0 Å². The van der Waals surface area contributed by atoms with Gasteiger partial charge in [0.15, 0.2) is 0 Å². The first-order chi connectivity index (χ1) is 9.13. The van der Waals surface area contributed by atoms with Gasteiger partial charge in [-0.2, -0.15) is 0 Å². The van der Waals surface area contributed by atoms with E-state index in [1.165, 1.54) is 0 Å². The Kier molecular flexibility index (Phi) is 4.63. The summed E-state index contributed by atoms with van der Waals surface area (Å²) in [5, 5.41) is 2.95. The fraction of sp³-hybridized carbons (Fsp3) is 0.500. The number of nitrogens with one attached hydrogen (secondary N) is 1. The van der Waals surface area contributed by atoms with Gasteiger partial charge in [0.2, 0.25) is 5.91 Å². The third-order valence-corrected chi connectivity index (χ3v) is 3.21. The molecule has 0 aliphatic carbocycles. The Hall–Kier alpha value is -1.75. The third kappa shape index (κ3) is 4.44. The number of nitrogens with two attached hydrogens (primary N) is 1. The maximum Gasteiger partial charge on any atom is 0.217 e. The zero-order valence-corrected chi connectivity index (χ0v) is 11.3. The fourth-order valence-corrected chi connectivity index (χ4v) is 2.34. The molecule has 104 valence electrons. The van der Waals surface area contributed by atoms with Crippen LogP contribution in [-0.4, -0.2) is 43.1 Å². The van der Waals surface area contributed by atoms with Gasteiger partial charge in [0.1, 0.15) is 12.4 Å². The summed E-state index contributed by atoms with van der Waals surface area (Å²) in [4.78, 5) is 13.3. The largest absolute Gasteiger partial charge is 0.492 e. The van der Waals surface area contributed by atoms with Crippen molar-refractivity contribution >= 4 is 11.6 Å². The van der Waals surface area contributed by atoms with E-state index in [1.54, 1.807) is 6.92 Å². The second kappa shape index (κ2) is 6.43. The number of hydrogen-bond acceptors (Lipinski definition) is 4. The molecule has 0 bridgehead atoms. The molecule has 1 saturated heterocycles. The average Bonchev–Trinajstić information content (AvgIpc) is 2.76. The maximum absolute atomic E-state index is 11.0. The minimum Gasteiger partial charge on any atom is -0.492 e. The van der Waals surface area contributed by atoms with Gasteiger partial charge in [-0.25, -0.2) is 0 Å². The van der Waals surface area contributed by atoms with Crippen LogP contribution in [0.15, 0.2) is 24.3 Å². The summed E-state index contributed by atoms with van der Waals surface area (Å²) in [5.41, 5.74) is 6.40. The predicted octanol–water partition coefficient (Wildman–Crippen LogP) is 0.858. The first-order valence-corrected chi connectivity index (χ1v) is 6.61. The zero-order chi connectivity index (χ0) is 13.7. The molecule has 1 unspecified atom stereocenters. The molecule has 1 aliphatic rings. The van der Waals surface area contributed by atoms with Crippen molar-refractivity contribution in [2.24, 2.45) is 0 Å². The van der Waals surface area contributed by atoms with Crippen LogP contribution in [-0.2, 0) is 4.79 Å². The van der Waals surface area contributed by atoms with Crippen LogP contribution < -0.4 is 15.8 Å². The van der Waals surface area contributed by atoms with Gasteiger partial charge >= 0.3 is 0 Å². The van der Waals surface area contributed by atoms with Gasteiger partial charge in [-0.15, -0.1) is 0 Å². The lowest BCUT2D eigenvalue weighted by Gasteiger charge is -2.16. The van der Waals surface area contributed by atoms with Crippen molar-refractivity contribution in [3.8, 4) is 5.75 Å². The van der Waals surface area contributed by atoms with Gasteiger partial charge in [-0.1, -0.05) is 6.07 Å². The minimum atomic E-state index is 0.0443. The number of nitrogens with zero attached hydrogens (tertiary/aromatic N) is 1. The number of likely N-dealkylation sites (tertiary alicyclic amines) is 1. The molecule has 19 heavy (non-hydrogen) atoms. The van der Waals surface area contributed by atoms with Gasteiger partial charge in [-0.05, 0) is 18.6 Å². The molecule has 1 fully saturated rings. The Morgan fingerprint density at radius 1 is 1.58 bits per heavy atom. The van der Waals surface area contributed by atoms with E-state index in [2.05, 4.69) is 10.2 Å². The van der Waals surface area contributed by atoms with Crippen molar-refractivity contribution in [1.82, 2.24) is 10.2 Å². The van der Waals surface area contributed by atoms with Crippen LogP contribution in [0.25, 0.3) is 0 Å². The normalized spacial score (nSPS) is 19.3. The first kappa shape index (κ1) is 13.7. The molecule has 5 heteroatoms. The Morgan fingerprint density at radius 2 is 2.42 bits per heavy atom. The third-order valence-electron chi connectivity index (χ3n) is 3.21. The second-order valence-electron chi connectivity index (χ2n) is 4.91. The number of hydrogen-bond donors (Lipinski definition) is 2. The van der Waals surface area contributed by atoms with E-state index >= 15 is 0 Å². The van der Waals surface area contributed by atoms with Crippen molar-refractivity contribution in [1.29, 1.82) is 0 Å². The van der Waals surface area contributed by atoms with E-state index in [-0.39, 0.29) is 11.9 Å². The maximum atomic E-state index is 11.0. The average molecular weight is 263 g/mol. The second-order valence-corrected chi connectivity index (χ2v) is 4.91. The highest BCUT2D eigenvalue weighted by atomic mass is 16.5. The number of benzene rings is 1. The summed E-state index contributed by atoms with van der Waals surface area (Å²) in [7, 11) is 0. The Morgan fingerprint density at radius 3 is 3.16 bits per heavy atom. The van der Waals surface area contributed by atoms with Crippen molar-refractivity contribution in [3.05, 3.63) is 24.3 Å². The summed E-state index contributed by atoms with van der Waals surface area (Å²) < 4.78 is 5.66. The molecule has 1 aromatic rings. The molecule has 2 rings (SSSR count). The predicted molar refractivity (Wildman–Crippen MR) is 75.0 cm³/mol. The SMILES string of the molecule is CC(=O)NC1CCN(CCOc2cccc(N)c2)C1. The highest BCUT2D eigenvalue weighted by molar-refractivity contribution is 5.73. The monoisotopic (exact) mass is 263 g/mol. The van der Waals surface area contributed by atoms with E-state index < -0.39 is 0 Å². The number of anilines is 1. The summed E-state index contributed by atoms with van der Waals surface area (Å²) in [6.45, 7) is 4.97. The summed E-state index contributed by atoms with van der Waals surface area (Å²) in [5.74, 6) is 0.848. The number of rotatable bonds is 5. The minimum absolute atomic E-state index is 0.0443. The summed E-state index contributed by atoms with van der Waals surface area (Å²) in [6, 6.07) is 7.73. The van der Waals surface area contributed by atoms with Crippen LogP contribution in [0.5, 0.6) is 5.75 Å². The van der Waals surface area contributed by atoms with Crippen LogP contribution in [0.2, 0.25) is 0 Å². The molecular weight excluding hydrogens is 242 g/mol. The van der Waals surface area contributed by atoms with Crippen molar-refractivity contribution in [2.45, 2.75) is 19.4 Å². The number of carbonyl (C=O) groups is 1. The smallest absolute Gasteiger partial charge is 0.217 e. The lowest BCUT2D eigenvalue weighted by atomic mass is 10.3. The van der Waals surface area contributed by atoms with Crippen LogP contribution in [0, 0.1) is 0 Å². The lowest BCUT2D eigenvalue weighted by Crippen LogP contribution is -2.36. The van der Waals surface area contributed by atoms with E-state index in [9.17, 15) is 4.79 Å². The topological polar surface area (TPSA) is 67.6 Å². The van der Waals surface area contributed by atoms with E-state index in [0.717, 1.165) is 31.8 Å². The van der Waals surface area contributed by atoms with Crippen molar-refractivity contribution in [2.75, 3.05) is 32.0 Å². The molecule has 0 saturated carbocycles. The Labute approximate surface area is 113 Å². The van der Waals surface area contributed by atoms with Gasteiger partial charge in [0, 0.05) is 44.4 Å². The van der Waals surface area contributed by atoms with Crippen molar-refractivity contribution < 1.29 is 9.53 Å². The number of nitrogen functional groups attached to an aromatic ring is 1. The molecule has 0 spiro atoms.